The van der Waals surface area contributed by atoms with E-state index in [4.69, 9.17) is 4.74 Å². The van der Waals surface area contributed by atoms with Gasteiger partial charge in [0.15, 0.2) is 5.17 Å². The predicted molar refractivity (Wildman–Crippen MR) is 81.9 cm³/mol. The van der Waals surface area contributed by atoms with Crippen LogP contribution < -0.4 is 5.32 Å². The molecule has 1 amide bonds. The Bertz CT molecular complexity index is 401. The van der Waals surface area contributed by atoms with Crippen molar-refractivity contribution in [3.05, 3.63) is 0 Å². The smallest absolute Gasteiger partial charge is 0.242 e. The number of amides is 1. The van der Waals surface area contributed by atoms with Gasteiger partial charge in [-0.15, -0.1) is 0 Å². The molecule has 4 nitrogen and oxygen atoms in total. The topological polar surface area (TPSA) is 50.7 Å². The Morgan fingerprint density at radius 2 is 2.15 bits per heavy atom. The number of rotatable bonds is 3. The molecule has 3 aliphatic rings. The number of amidine groups is 1. The summed E-state index contributed by atoms with van der Waals surface area (Å²) in [4.78, 5) is 16.9. The van der Waals surface area contributed by atoms with Crippen LogP contribution in [-0.4, -0.2) is 35.6 Å². The Morgan fingerprint density at radius 1 is 1.35 bits per heavy atom. The minimum atomic E-state index is -0.387. The molecule has 2 saturated heterocycles. The first kappa shape index (κ1) is 14.4. The lowest BCUT2D eigenvalue weighted by atomic mass is 9.89. The van der Waals surface area contributed by atoms with Crippen molar-refractivity contribution >= 4 is 22.8 Å². The third-order valence-electron chi connectivity index (χ3n) is 4.91. The highest BCUT2D eigenvalue weighted by atomic mass is 32.2. The van der Waals surface area contributed by atoms with Crippen LogP contribution in [0.2, 0.25) is 0 Å². The summed E-state index contributed by atoms with van der Waals surface area (Å²) < 4.78 is 5.05. The molecule has 0 aromatic rings. The summed E-state index contributed by atoms with van der Waals surface area (Å²) in [6.07, 6.45) is 7.62. The number of ether oxygens (including phenoxy) is 1. The molecule has 0 bridgehead atoms. The van der Waals surface area contributed by atoms with Crippen LogP contribution in [-0.2, 0) is 9.53 Å². The quantitative estimate of drug-likeness (QED) is 0.871. The van der Waals surface area contributed by atoms with Gasteiger partial charge in [-0.1, -0.05) is 31.0 Å². The molecular weight excluding hydrogens is 272 g/mol. The van der Waals surface area contributed by atoms with Crippen LogP contribution in [0.5, 0.6) is 0 Å². The average Bonchev–Trinajstić information content (AvgIpc) is 3.08. The largest absolute Gasteiger partial charge is 0.381 e. The van der Waals surface area contributed by atoms with E-state index in [9.17, 15) is 4.79 Å². The SMILES string of the molecule is CC1([C@@H]2CCOC2)SC(=NCC2CCCCC2)NC1=O. The molecule has 3 rings (SSSR count). The molecule has 2 atom stereocenters. The molecule has 1 aliphatic carbocycles. The van der Waals surface area contributed by atoms with Gasteiger partial charge in [0, 0.05) is 19.1 Å². The fraction of sp³-hybridized carbons (Fsp3) is 0.867. The lowest BCUT2D eigenvalue weighted by Gasteiger charge is -2.24. The van der Waals surface area contributed by atoms with Gasteiger partial charge in [-0.3, -0.25) is 9.79 Å². The van der Waals surface area contributed by atoms with Crippen LogP contribution in [0, 0.1) is 11.8 Å². The lowest BCUT2D eigenvalue weighted by molar-refractivity contribution is -0.122. The summed E-state index contributed by atoms with van der Waals surface area (Å²) in [5.41, 5.74) is 0. The van der Waals surface area contributed by atoms with Crippen molar-refractivity contribution in [2.45, 2.75) is 50.2 Å². The molecule has 1 N–H and O–H groups in total. The minimum absolute atomic E-state index is 0.111. The maximum absolute atomic E-state index is 12.3. The average molecular weight is 296 g/mol. The van der Waals surface area contributed by atoms with E-state index >= 15 is 0 Å². The summed E-state index contributed by atoms with van der Waals surface area (Å²) in [6.45, 7) is 4.39. The van der Waals surface area contributed by atoms with Crippen molar-refractivity contribution in [2.75, 3.05) is 19.8 Å². The number of thioether (sulfide) groups is 1. The van der Waals surface area contributed by atoms with Crippen molar-refractivity contribution in [2.24, 2.45) is 16.8 Å². The molecule has 5 heteroatoms. The molecule has 1 unspecified atom stereocenters. The van der Waals surface area contributed by atoms with Gasteiger partial charge in [0.1, 0.15) is 4.75 Å². The van der Waals surface area contributed by atoms with E-state index in [1.165, 1.54) is 32.1 Å². The number of nitrogens with one attached hydrogen (secondary N) is 1. The molecule has 112 valence electrons. The van der Waals surface area contributed by atoms with E-state index < -0.39 is 0 Å². The van der Waals surface area contributed by atoms with E-state index in [2.05, 4.69) is 10.3 Å². The monoisotopic (exact) mass is 296 g/mol. The second-order valence-electron chi connectivity index (χ2n) is 6.37. The highest BCUT2D eigenvalue weighted by molar-refractivity contribution is 8.16. The fourth-order valence-corrected chi connectivity index (χ4v) is 4.57. The zero-order chi connectivity index (χ0) is 14.0. The Labute approximate surface area is 125 Å². The number of hydrogen-bond acceptors (Lipinski definition) is 4. The van der Waals surface area contributed by atoms with Crippen molar-refractivity contribution in [1.29, 1.82) is 0 Å². The molecule has 0 aromatic carbocycles. The van der Waals surface area contributed by atoms with Gasteiger partial charge in [-0.05, 0) is 32.1 Å². The number of hydrogen-bond donors (Lipinski definition) is 1. The molecular formula is C15H24N2O2S. The zero-order valence-electron chi connectivity index (χ0n) is 12.2. The summed E-state index contributed by atoms with van der Waals surface area (Å²) in [7, 11) is 0. The predicted octanol–water partition coefficient (Wildman–Crippen LogP) is 2.58. The normalized spacial score (nSPS) is 37.5. The van der Waals surface area contributed by atoms with E-state index in [-0.39, 0.29) is 10.7 Å². The molecule has 2 aliphatic heterocycles. The highest BCUT2D eigenvalue weighted by Crippen LogP contribution is 2.41. The highest BCUT2D eigenvalue weighted by Gasteiger charge is 2.49. The van der Waals surface area contributed by atoms with Gasteiger partial charge in [0.25, 0.3) is 0 Å². The van der Waals surface area contributed by atoms with Crippen molar-refractivity contribution in [1.82, 2.24) is 5.32 Å². The van der Waals surface area contributed by atoms with Crippen LogP contribution in [0.3, 0.4) is 0 Å². The molecule has 0 aromatic heterocycles. The molecule has 0 radical (unpaired) electrons. The fourth-order valence-electron chi connectivity index (χ4n) is 3.39. The van der Waals surface area contributed by atoms with Gasteiger partial charge >= 0.3 is 0 Å². The van der Waals surface area contributed by atoms with Gasteiger partial charge < -0.3 is 10.1 Å². The van der Waals surface area contributed by atoms with Crippen LogP contribution in [0.25, 0.3) is 0 Å². The first-order valence-electron chi connectivity index (χ1n) is 7.81. The van der Waals surface area contributed by atoms with E-state index in [0.29, 0.717) is 12.5 Å². The second-order valence-corrected chi connectivity index (χ2v) is 7.81. The summed E-state index contributed by atoms with van der Waals surface area (Å²) in [5, 5.41) is 3.81. The second kappa shape index (κ2) is 6.06. The Morgan fingerprint density at radius 3 is 2.85 bits per heavy atom. The summed E-state index contributed by atoms with van der Waals surface area (Å²) >= 11 is 1.62. The zero-order valence-corrected chi connectivity index (χ0v) is 13.0. The van der Waals surface area contributed by atoms with E-state index in [1.54, 1.807) is 11.8 Å². The Kier molecular flexibility index (Phi) is 4.36. The Hall–Kier alpha value is -0.550. The Balaban J connectivity index is 1.60. The standard InChI is InChI=1S/C15H24N2O2S/c1-15(12-7-8-19-10-12)13(18)17-14(20-15)16-9-11-5-3-2-4-6-11/h11-12H,2-10H2,1H3,(H,16,17,18)/t12-,15?/m1/s1. The van der Waals surface area contributed by atoms with Crippen molar-refractivity contribution in [3.63, 3.8) is 0 Å². The van der Waals surface area contributed by atoms with Gasteiger partial charge in [-0.2, -0.15) is 0 Å². The molecule has 1 saturated carbocycles. The van der Waals surface area contributed by atoms with Gasteiger partial charge in [0.05, 0.1) is 6.61 Å². The number of carbonyl (C=O) groups excluding carboxylic acids is 1. The third kappa shape index (κ3) is 2.89. The van der Waals surface area contributed by atoms with Crippen LogP contribution in [0.15, 0.2) is 4.99 Å². The first-order chi connectivity index (χ1) is 9.68. The summed E-state index contributed by atoms with van der Waals surface area (Å²) in [5.74, 6) is 1.14. The third-order valence-corrected chi connectivity index (χ3v) is 6.27. The molecule has 0 spiro atoms. The number of aliphatic imine (C=N–C) groups is 1. The van der Waals surface area contributed by atoms with Crippen molar-refractivity contribution in [3.8, 4) is 0 Å². The lowest BCUT2D eigenvalue weighted by Crippen LogP contribution is -2.40. The van der Waals surface area contributed by atoms with Crippen LogP contribution >= 0.6 is 11.8 Å². The maximum atomic E-state index is 12.3. The number of nitrogens with zero attached hydrogens (tertiary/aromatic N) is 1. The molecule has 2 heterocycles. The van der Waals surface area contributed by atoms with Crippen molar-refractivity contribution < 1.29 is 9.53 Å². The number of carbonyl (C=O) groups is 1. The van der Waals surface area contributed by atoms with E-state index in [0.717, 1.165) is 30.7 Å². The maximum Gasteiger partial charge on any atom is 0.242 e. The van der Waals surface area contributed by atoms with Crippen LogP contribution in [0.1, 0.15) is 45.4 Å². The summed E-state index contributed by atoms with van der Waals surface area (Å²) in [6, 6.07) is 0. The van der Waals surface area contributed by atoms with Gasteiger partial charge in [0.2, 0.25) is 5.91 Å². The molecule has 3 fully saturated rings. The van der Waals surface area contributed by atoms with E-state index in [1.807, 2.05) is 6.92 Å². The first-order valence-corrected chi connectivity index (χ1v) is 8.63. The van der Waals surface area contributed by atoms with Gasteiger partial charge in [-0.25, -0.2) is 0 Å². The minimum Gasteiger partial charge on any atom is -0.381 e. The van der Waals surface area contributed by atoms with Crippen LogP contribution in [0.4, 0.5) is 0 Å². The molecule has 20 heavy (non-hydrogen) atoms.